The van der Waals surface area contributed by atoms with Gasteiger partial charge >= 0.3 is 0 Å². The highest BCUT2D eigenvalue weighted by molar-refractivity contribution is 6.18. The zero-order chi connectivity index (χ0) is 39.7. The highest BCUT2D eigenvalue weighted by Crippen LogP contribution is 2.57. The lowest BCUT2D eigenvalue weighted by Crippen LogP contribution is -2.28. The zero-order valence-electron chi connectivity index (χ0n) is 33.5. The fraction of sp³-hybridized carbons (Fsp3) is 0.0877. The Morgan fingerprint density at radius 1 is 0.441 bits per heavy atom. The average Bonchev–Trinajstić information content (AvgIpc) is 3.81. The van der Waals surface area contributed by atoms with Crippen LogP contribution in [-0.2, 0) is 10.8 Å². The largest absolute Gasteiger partial charge is 0.456 e. The third-order valence-electron chi connectivity index (χ3n) is 12.5. The van der Waals surface area contributed by atoms with E-state index in [1.165, 1.54) is 55.3 Å². The maximum atomic E-state index is 6.50. The Balaban J connectivity index is 1.22. The van der Waals surface area contributed by atoms with Crippen LogP contribution >= 0.6 is 0 Å². The average molecular weight is 758 g/mol. The van der Waals surface area contributed by atoms with E-state index in [2.05, 4.69) is 226 Å². The normalized spacial score (nSPS) is 13.1. The van der Waals surface area contributed by atoms with Crippen LogP contribution in [0, 0.1) is 0 Å². The Morgan fingerprint density at radius 3 is 1.78 bits per heavy atom. The van der Waals surface area contributed by atoms with Crippen molar-refractivity contribution in [3.63, 3.8) is 0 Å². The second kappa shape index (κ2) is 13.5. The van der Waals surface area contributed by atoms with Gasteiger partial charge in [-0.2, -0.15) is 0 Å². The second-order valence-electron chi connectivity index (χ2n) is 16.8. The van der Waals surface area contributed by atoms with Crippen LogP contribution in [-0.4, -0.2) is 0 Å². The van der Waals surface area contributed by atoms with Crippen LogP contribution < -0.4 is 4.90 Å². The Hall–Kier alpha value is -7.16. The van der Waals surface area contributed by atoms with Gasteiger partial charge in [-0.15, -0.1) is 0 Å². The first-order valence-corrected chi connectivity index (χ1v) is 20.6. The Morgan fingerprint density at radius 2 is 1.03 bits per heavy atom. The van der Waals surface area contributed by atoms with E-state index < -0.39 is 5.41 Å². The predicted molar refractivity (Wildman–Crippen MR) is 247 cm³/mol. The standard InChI is InChI=1S/C57H43NO/c1-56(2,3)39-30-32-42(33-31-39)58(51-36-29-38-17-10-11-22-44(38)54(51)47-25-16-28-53-55(47)46-24-13-15-27-52(46)59-53)43-34-35-50-48(37-43)45-23-12-14-26-49(45)57(50,40-18-6-4-7-19-40)41-20-8-5-9-21-41/h4-37H,1-3H3. The number of hydrogen-bond acceptors (Lipinski definition) is 2. The monoisotopic (exact) mass is 757 g/mol. The summed E-state index contributed by atoms with van der Waals surface area (Å²) in [5.74, 6) is 0. The summed E-state index contributed by atoms with van der Waals surface area (Å²) in [5.41, 5.74) is 15.9. The number of nitrogens with zero attached hydrogens (tertiary/aromatic N) is 1. The van der Waals surface area contributed by atoms with Gasteiger partial charge in [-0.1, -0.05) is 185 Å². The number of hydrogen-bond donors (Lipinski definition) is 0. The van der Waals surface area contributed by atoms with Crippen molar-refractivity contribution in [1.29, 1.82) is 0 Å². The van der Waals surface area contributed by atoms with Gasteiger partial charge in [0.15, 0.2) is 0 Å². The maximum absolute atomic E-state index is 6.50. The molecule has 1 aliphatic carbocycles. The zero-order valence-corrected chi connectivity index (χ0v) is 33.5. The first kappa shape index (κ1) is 35.0. The molecule has 0 saturated carbocycles. The molecule has 0 fully saturated rings. The fourth-order valence-electron chi connectivity index (χ4n) is 9.83. The lowest BCUT2D eigenvalue weighted by molar-refractivity contribution is 0.590. The molecule has 0 spiro atoms. The van der Waals surface area contributed by atoms with Crippen LogP contribution in [0.3, 0.4) is 0 Å². The van der Waals surface area contributed by atoms with E-state index in [-0.39, 0.29) is 5.41 Å². The summed E-state index contributed by atoms with van der Waals surface area (Å²) < 4.78 is 6.50. The molecular formula is C57H43NO. The van der Waals surface area contributed by atoms with E-state index in [1.807, 2.05) is 6.07 Å². The molecule has 0 radical (unpaired) electrons. The summed E-state index contributed by atoms with van der Waals surface area (Å²) in [6, 6.07) is 75.7. The van der Waals surface area contributed by atoms with Gasteiger partial charge in [0.1, 0.15) is 11.2 Å². The third kappa shape index (κ3) is 5.40. The molecule has 10 aromatic rings. The summed E-state index contributed by atoms with van der Waals surface area (Å²) in [6.45, 7) is 6.84. The van der Waals surface area contributed by atoms with Crippen LogP contribution in [0.25, 0.3) is 55.0 Å². The molecule has 1 aliphatic rings. The number of para-hydroxylation sites is 1. The van der Waals surface area contributed by atoms with E-state index in [0.717, 1.165) is 44.6 Å². The molecule has 282 valence electrons. The quantitative estimate of drug-likeness (QED) is 0.168. The van der Waals surface area contributed by atoms with Crippen molar-refractivity contribution < 1.29 is 4.42 Å². The third-order valence-corrected chi connectivity index (χ3v) is 12.5. The summed E-state index contributed by atoms with van der Waals surface area (Å²) >= 11 is 0. The SMILES string of the molecule is CC(C)(C)c1ccc(N(c2ccc3c(c2)-c2ccccc2C3(c2ccccc2)c2ccccc2)c2ccc3ccccc3c2-c2cccc3oc4ccccc4c23)cc1. The van der Waals surface area contributed by atoms with Crippen molar-refractivity contribution in [2.75, 3.05) is 4.90 Å². The first-order chi connectivity index (χ1) is 28.9. The maximum Gasteiger partial charge on any atom is 0.136 e. The molecule has 59 heavy (non-hydrogen) atoms. The molecule has 0 saturated heterocycles. The summed E-state index contributed by atoms with van der Waals surface area (Å²) in [7, 11) is 0. The van der Waals surface area contributed by atoms with E-state index >= 15 is 0 Å². The summed E-state index contributed by atoms with van der Waals surface area (Å²) in [5, 5.41) is 4.63. The molecule has 0 amide bonds. The fourth-order valence-corrected chi connectivity index (χ4v) is 9.83. The Bertz CT molecular complexity index is 3150. The molecule has 1 heterocycles. The van der Waals surface area contributed by atoms with Gasteiger partial charge in [0.05, 0.1) is 11.1 Å². The number of benzene rings is 9. The molecule has 0 aliphatic heterocycles. The van der Waals surface area contributed by atoms with Crippen LogP contribution in [0.5, 0.6) is 0 Å². The number of fused-ring (bicyclic) bond motifs is 7. The topological polar surface area (TPSA) is 16.4 Å². The van der Waals surface area contributed by atoms with Gasteiger partial charge in [0.25, 0.3) is 0 Å². The smallest absolute Gasteiger partial charge is 0.136 e. The van der Waals surface area contributed by atoms with Gasteiger partial charge in [-0.25, -0.2) is 0 Å². The van der Waals surface area contributed by atoms with E-state index in [1.54, 1.807) is 0 Å². The van der Waals surface area contributed by atoms with E-state index in [9.17, 15) is 0 Å². The highest BCUT2D eigenvalue weighted by atomic mass is 16.3. The van der Waals surface area contributed by atoms with Crippen molar-refractivity contribution in [3.05, 3.63) is 234 Å². The van der Waals surface area contributed by atoms with Crippen LogP contribution in [0.4, 0.5) is 17.1 Å². The number of anilines is 3. The molecular weight excluding hydrogens is 715 g/mol. The van der Waals surface area contributed by atoms with Gasteiger partial charge < -0.3 is 9.32 Å². The van der Waals surface area contributed by atoms with Gasteiger partial charge in [0.2, 0.25) is 0 Å². The van der Waals surface area contributed by atoms with Crippen molar-refractivity contribution in [1.82, 2.24) is 0 Å². The van der Waals surface area contributed by atoms with Gasteiger partial charge in [-0.05, 0) is 103 Å². The van der Waals surface area contributed by atoms with Gasteiger partial charge in [-0.3, -0.25) is 0 Å². The van der Waals surface area contributed by atoms with Crippen molar-refractivity contribution in [2.45, 2.75) is 31.6 Å². The lowest BCUT2D eigenvalue weighted by Gasteiger charge is -2.34. The molecule has 0 bridgehead atoms. The first-order valence-electron chi connectivity index (χ1n) is 20.6. The van der Waals surface area contributed by atoms with Crippen molar-refractivity contribution in [3.8, 4) is 22.3 Å². The highest BCUT2D eigenvalue weighted by Gasteiger charge is 2.46. The predicted octanol–water partition coefficient (Wildman–Crippen LogP) is 15.5. The molecule has 11 rings (SSSR count). The minimum atomic E-state index is -0.474. The van der Waals surface area contributed by atoms with E-state index in [4.69, 9.17) is 4.42 Å². The van der Waals surface area contributed by atoms with Crippen molar-refractivity contribution in [2.24, 2.45) is 0 Å². The van der Waals surface area contributed by atoms with Crippen LogP contribution in [0.2, 0.25) is 0 Å². The van der Waals surface area contributed by atoms with Crippen LogP contribution in [0.1, 0.15) is 48.6 Å². The Kier molecular flexibility index (Phi) is 8.00. The minimum absolute atomic E-state index is 0.0188. The number of furan rings is 1. The molecule has 0 N–H and O–H groups in total. The summed E-state index contributed by atoms with van der Waals surface area (Å²) in [4.78, 5) is 2.48. The molecule has 9 aromatic carbocycles. The molecule has 0 unspecified atom stereocenters. The van der Waals surface area contributed by atoms with E-state index in [0.29, 0.717) is 0 Å². The summed E-state index contributed by atoms with van der Waals surface area (Å²) in [6.07, 6.45) is 0. The van der Waals surface area contributed by atoms with Crippen molar-refractivity contribution >= 4 is 49.8 Å². The number of rotatable bonds is 6. The molecule has 1 aromatic heterocycles. The second-order valence-corrected chi connectivity index (χ2v) is 16.8. The Labute approximate surface area is 345 Å². The lowest BCUT2D eigenvalue weighted by atomic mass is 9.68. The molecule has 0 atom stereocenters. The van der Waals surface area contributed by atoms with Gasteiger partial charge in [0, 0.05) is 27.7 Å². The van der Waals surface area contributed by atoms with Crippen LogP contribution in [0.15, 0.2) is 211 Å². The minimum Gasteiger partial charge on any atom is -0.456 e. The molecule has 2 nitrogen and oxygen atoms in total. The molecule has 2 heteroatoms.